The van der Waals surface area contributed by atoms with Gasteiger partial charge in [-0.25, -0.2) is 0 Å². The number of fused-ring (bicyclic) bond motifs is 1. The zero-order valence-corrected chi connectivity index (χ0v) is 14.3. The summed E-state index contributed by atoms with van der Waals surface area (Å²) in [5.41, 5.74) is 3.54. The van der Waals surface area contributed by atoms with Crippen molar-refractivity contribution in [2.75, 3.05) is 7.05 Å². The summed E-state index contributed by atoms with van der Waals surface area (Å²) in [6.45, 7) is 2.10. The number of ether oxygens (including phenoxy) is 1. The van der Waals surface area contributed by atoms with E-state index in [4.69, 9.17) is 16.3 Å². The van der Waals surface area contributed by atoms with Crippen molar-refractivity contribution in [2.24, 2.45) is 0 Å². The fourth-order valence-corrected chi connectivity index (χ4v) is 3.46. The van der Waals surface area contributed by atoms with E-state index in [-0.39, 0.29) is 12.1 Å². The standard InChI is InChI=1S/C17H17BrClNO/c1-10-7-12-8-11(3-6-16(12)21-10)17(20-2)14-9-13(18)4-5-15(14)19/h3-6,8-10,17,20H,7H2,1-2H3. The minimum atomic E-state index is 0.0659. The quantitative estimate of drug-likeness (QED) is 0.847. The van der Waals surface area contributed by atoms with Crippen molar-refractivity contribution in [1.82, 2.24) is 5.32 Å². The van der Waals surface area contributed by atoms with E-state index in [0.29, 0.717) is 0 Å². The van der Waals surface area contributed by atoms with E-state index >= 15 is 0 Å². The van der Waals surface area contributed by atoms with Crippen molar-refractivity contribution in [3.63, 3.8) is 0 Å². The van der Waals surface area contributed by atoms with Crippen LogP contribution >= 0.6 is 27.5 Å². The zero-order chi connectivity index (χ0) is 15.0. The Hall–Kier alpha value is -1.03. The Bertz CT molecular complexity index is 674. The van der Waals surface area contributed by atoms with Crippen LogP contribution in [0, 0.1) is 0 Å². The highest BCUT2D eigenvalue weighted by atomic mass is 79.9. The third-order valence-corrected chi connectivity index (χ3v) is 4.65. The topological polar surface area (TPSA) is 21.3 Å². The van der Waals surface area contributed by atoms with E-state index in [9.17, 15) is 0 Å². The van der Waals surface area contributed by atoms with E-state index in [1.165, 1.54) is 11.1 Å². The molecule has 2 atom stereocenters. The van der Waals surface area contributed by atoms with Gasteiger partial charge in [0.05, 0.1) is 6.04 Å². The monoisotopic (exact) mass is 365 g/mol. The third-order valence-electron chi connectivity index (χ3n) is 3.81. The predicted molar refractivity (Wildman–Crippen MR) is 90.3 cm³/mol. The van der Waals surface area contributed by atoms with Crippen LogP contribution in [0.25, 0.3) is 0 Å². The van der Waals surface area contributed by atoms with Crippen LogP contribution in [0.5, 0.6) is 5.75 Å². The van der Waals surface area contributed by atoms with Crippen molar-refractivity contribution in [3.8, 4) is 5.75 Å². The first kappa shape index (κ1) is 14.9. The molecule has 21 heavy (non-hydrogen) atoms. The molecular weight excluding hydrogens is 350 g/mol. The molecule has 0 radical (unpaired) electrons. The second kappa shape index (κ2) is 5.99. The van der Waals surface area contributed by atoms with Crippen LogP contribution in [0.3, 0.4) is 0 Å². The lowest BCUT2D eigenvalue weighted by Crippen LogP contribution is -2.18. The van der Waals surface area contributed by atoms with Crippen molar-refractivity contribution >= 4 is 27.5 Å². The fourth-order valence-electron chi connectivity index (χ4n) is 2.86. The highest BCUT2D eigenvalue weighted by Crippen LogP contribution is 2.35. The van der Waals surface area contributed by atoms with Gasteiger partial charge in [0.1, 0.15) is 11.9 Å². The van der Waals surface area contributed by atoms with E-state index in [1.807, 2.05) is 19.2 Å². The van der Waals surface area contributed by atoms with E-state index < -0.39 is 0 Å². The minimum Gasteiger partial charge on any atom is -0.490 e. The maximum Gasteiger partial charge on any atom is 0.123 e. The average Bonchev–Trinajstić information content (AvgIpc) is 2.83. The van der Waals surface area contributed by atoms with Gasteiger partial charge >= 0.3 is 0 Å². The Morgan fingerprint density at radius 2 is 2.10 bits per heavy atom. The van der Waals surface area contributed by atoms with Crippen LogP contribution < -0.4 is 10.1 Å². The van der Waals surface area contributed by atoms with Crippen molar-refractivity contribution in [1.29, 1.82) is 0 Å². The molecule has 0 fully saturated rings. The molecule has 0 spiro atoms. The molecule has 1 N–H and O–H groups in total. The highest BCUT2D eigenvalue weighted by molar-refractivity contribution is 9.10. The first-order valence-electron chi connectivity index (χ1n) is 7.00. The molecule has 0 aliphatic carbocycles. The van der Waals surface area contributed by atoms with Gasteiger partial charge in [0, 0.05) is 15.9 Å². The summed E-state index contributed by atoms with van der Waals surface area (Å²) in [5.74, 6) is 1.00. The van der Waals surface area contributed by atoms with E-state index in [0.717, 1.165) is 27.2 Å². The lowest BCUT2D eigenvalue weighted by Gasteiger charge is -2.19. The normalized spacial score (nSPS) is 18.2. The van der Waals surface area contributed by atoms with Gasteiger partial charge in [-0.15, -0.1) is 0 Å². The number of nitrogens with one attached hydrogen (secondary N) is 1. The molecular formula is C17H17BrClNO. The second-order valence-electron chi connectivity index (χ2n) is 5.39. The molecule has 0 aromatic heterocycles. The number of hydrogen-bond donors (Lipinski definition) is 1. The maximum atomic E-state index is 6.37. The number of hydrogen-bond acceptors (Lipinski definition) is 2. The minimum absolute atomic E-state index is 0.0659. The molecule has 3 rings (SSSR count). The van der Waals surface area contributed by atoms with Crippen LogP contribution in [-0.2, 0) is 6.42 Å². The molecule has 0 amide bonds. The van der Waals surface area contributed by atoms with Gasteiger partial charge in [0.2, 0.25) is 0 Å². The summed E-state index contributed by atoms with van der Waals surface area (Å²) in [6, 6.07) is 12.4. The molecule has 110 valence electrons. The van der Waals surface area contributed by atoms with Crippen LogP contribution in [-0.4, -0.2) is 13.2 Å². The van der Waals surface area contributed by atoms with Gasteiger partial charge < -0.3 is 10.1 Å². The van der Waals surface area contributed by atoms with Crippen molar-refractivity contribution in [3.05, 3.63) is 62.6 Å². The molecule has 0 saturated carbocycles. The lowest BCUT2D eigenvalue weighted by atomic mass is 9.96. The van der Waals surface area contributed by atoms with E-state index in [2.05, 4.69) is 52.4 Å². The molecule has 2 nitrogen and oxygen atoms in total. The molecule has 2 unspecified atom stereocenters. The van der Waals surface area contributed by atoms with Crippen molar-refractivity contribution in [2.45, 2.75) is 25.5 Å². The summed E-state index contributed by atoms with van der Waals surface area (Å²) in [5, 5.41) is 4.13. The molecule has 1 heterocycles. The van der Waals surface area contributed by atoms with Gasteiger partial charge in [0.25, 0.3) is 0 Å². The van der Waals surface area contributed by atoms with Crippen LogP contribution in [0.4, 0.5) is 0 Å². The lowest BCUT2D eigenvalue weighted by molar-refractivity contribution is 0.254. The first-order chi connectivity index (χ1) is 10.1. The number of rotatable bonds is 3. The van der Waals surface area contributed by atoms with Crippen LogP contribution in [0.15, 0.2) is 40.9 Å². The number of benzene rings is 2. The molecule has 2 aromatic rings. The summed E-state index contributed by atoms with van der Waals surface area (Å²) >= 11 is 9.89. The van der Waals surface area contributed by atoms with Gasteiger partial charge in [-0.1, -0.05) is 39.7 Å². The smallest absolute Gasteiger partial charge is 0.123 e. The second-order valence-corrected chi connectivity index (χ2v) is 6.71. The molecule has 2 aromatic carbocycles. The summed E-state index contributed by atoms with van der Waals surface area (Å²) < 4.78 is 6.80. The summed E-state index contributed by atoms with van der Waals surface area (Å²) in [7, 11) is 1.95. The Morgan fingerprint density at radius 3 is 2.86 bits per heavy atom. The van der Waals surface area contributed by atoms with Crippen molar-refractivity contribution < 1.29 is 4.74 Å². The average molecular weight is 367 g/mol. The first-order valence-corrected chi connectivity index (χ1v) is 8.17. The van der Waals surface area contributed by atoms with Gasteiger partial charge in [-0.2, -0.15) is 0 Å². The molecule has 0 saturated heterocycles. The SMILES string of the molecule is CNC(c1ccc2c(c1)CC(C)O2)c1cc(Br)ccc1Cl. The molecule has 0 bridgehead atoms. The molecule has 1 aliphatic heterocycles. The van der Waals surface area contributed by atoms with Crippen LogP contribution in [0.1, 0.15) is 29.7 Å². The fraction of sp³-hybridized carbons (Fsp3) is 0.294. The zero-order valence-electron chi connectivity index (χ0n) is 12.0. The number of halogens is 2. The summed E-state index contributed by atoms with van der Waals surface area (Å²) in [6.07, 6.45) is 1.23. The Morgan fingerprint density at radius 1 is 1.29 bits per heavy atom. The van der Waals surface area contributed by atoms with Crippen LogP contribution in [0.2, 0.25) is 5.02 Å². The predicted octanol–water partition coefficient (Wildman–Crippen LogP) is 4.73. The largest absolute Gasteiger partial charge is 0.490 e. The Balaban J connectivity index is 2.01. The molecule has 4 heteroatoms. The highest BCUT2D eigenvalue weighted by Gasteiger charge is 2.22. The Labute approximate surface area is 138 Å². The van der Waals surface area contributed by atoms with E-state index in [1.54, 1.807) is 0 Å². The summed E-state index contributed by atoms with van der Waals surface area (Å²) in [4.78, 5) is 0. The Kier molecular flexibility index (Phi) is 4.25. The maximum absolute atomic E-state index is 6.37. The molecule has 1 aliphatic rings. The van der Waals surface area contributed by atoms with Gasteiger partial charge in [0.15, 0.2) is 0 Å². The third kappa shape index (κ3) is 2.96. The van der Waals surface area contributed by atoms with Gasteiger partial charge in [-0.3, -0.25) is 0 Å². The van der Waals surface area contributed by atoms with Gasteiger partial charge in [-0.05, 0) is 54.9 Å².